The van der Waals surface area contributed by atoms with Gasteiger partial charge in [-0.2, -0.15) is 0 Å². The highest BCUT2D eigenvalue weighted by atomic mass is 35.5. The first-order valence-corrected chi connectivity index (χ1v) is 12.9. The van der Waals surface area contributed by atoms with Crippen LogP contribution in [0.1, 0.15) is 44.2 Å². The van der Waals surface area contributed by atoms with Gasteiger partial charge >= 0.3 is 0 Å². The van der Waals surface area contributed by atoms with Gasteiger partial charge in [0, 0.05) is 36.2 Å². The summed E-state index contributed by atoms with van der Waals surface area (Å²) in [5.41, 5.74) is 3.28. The van der Waals surface area contributed by atoms with Crippen LogP contribution < -0.4 is 4.72 Å². The lowest BCUT2D eigenvalue weighted by Gasteiger charge is -2.30. The summed E-state index contributed by atoms with van der Waals surface area (Å²) >= 11 is 6.30. The Balaban J connectivity index is 1.43. The van der Waals surface area contributed by atoms with Gasteiger partial charge < -0.3 is 8.97 Å². The molecule has 1 aromatic carbocycles. The van der Waals surface area contributed by atoms with Crippen molar-refractivity contribution >= 4 is 27.3 Å². The van der Waals surface area contributed by atoms with Crippen molar-refractivity contribution in [2.75, 3.05) is 0 Å². The number of aromatic nitrogens is 5. The zero-order valence-corrected chi connectivity index (χ0v) is 19.8. The van der Waals surface area contributed by atoms with Crippen molar-refractivity contribution in [1.29, 1.82) is 0 Å². The van der Waals surface area contributed by atoms with E-state index in [1.54, 1.807) is 31.1 Å². The smallest absolute Gasteiger partial charge is 0.241 e. The number of hydrogen-bond donors (Lipinski definition) is 1. The third-order valence-corrected chi connectivity index (χ3v) is 8.15. The molecule has 1 saturated carbocycles. The van der Waals surface area contributed by atoms with Gasteiger partial charge in [-0.3, -0.25) is 0 Å². The Morgan fingerprint density at radius 2 is 2.00 bits per heavy atom. The molecular formula is C23H25ClN6O2S. The second-order valence-electron chi connectivity index (χ2n) is 8.45. The lowest BCUT2D eigenvalue weighted by Crippen LogP contribution is -2.39. The number of fused-ring (bicyclic) bond motifs is 1. The largest absolute Gasteiger partial charge is 0.317 e. The summed E-state index contributed by atoms with van der Waals surface area (Å²) in [5.74, 6) is 0. The molecule has 1 aliphatic carbocycles. The van der Waals surface area contributed by atoms with E-state index in [0.29, 0.717) is 16.3 Å². The molecule has 5 rings (SSSR count). The number of rotatable bonds is 6. The maximum Gasteiger partial charge on any atom is 0.241 e. The van der Waals surface area contributed by atoms with Gasteiger partial charge in [0.2, 0.25) is 10.0 Å². The van der Waals surface area contributed by atoms with Gasteiger partial charge in [-0.15, -0.1) is 10.2 Å². The Morgan fingerprint density at radius 1 is 1.18 bits per heavy atom. The van der Waals surface area contributed by atoms with Crippen molar-refractivity contribution in [1.82, 2.24) is 28.9 Å². The van der Waals surface area contributed by atoms with E-state index < -0.39 is 10.0 Å². The van der Waals surface area contributed by atoms with Gasteiger partial charge in [-0.25, -0.2) is 18.1 Å². The molecule has 0 amide bonds. The van der Waals surface area contributed by atoms with Crippen LogP contribution in [0.3, 0.4) is 0 Å². The minimum atomic E-state index is -3.67. The fraction of sp³-hybridized carbons (Fsp3) is 0.348. The number of benzene rings is 1. The highest BCUT2D eigenvalue weighted by Gasteiger charge is 2.28. The predicted octanol–water partition coefficient (Wildman–Crippen LogP) is 4.27. The van der Waals surface area contributed by atoms with Crippen LogP contribution in [0.4, 0.5) is 0 Å². The second kappa shape index (κ2) is 8.89. The highest BCUT2D eigenvalue weighted by molar-refractivity contribution is 7.89. The lowest BCUT2D eigenvalue weighted by molar-refractivity contribution is 0.305. The minimum Gasteiger partial charge on any atom is -0.317 e. The molecule has 3 aromatic heterocycles. The first kappa shape index (κ1) is 22.1. The number of hydrogen-bond acceptors (Lipinski definition) is 5. The van der Waals surface area contributed by atoms with Crippen molar-refractivity contribution in [3.8, 4) is 11.1 Å². The Hall–Kier alpha value is -2.75. The third-order valence-electron chi connectivity index (χ3n) is 6.32. The van der Waals surface area contributed by atoms with Crippen molar-refractivity contribution in [2.45, 2.75) is 56.0 Å². The van der Waals surface area contributed by atoms with Crippen LogP contribution in [0.2, 0.25) is 5.02 Å². The second-order valence-corrected chi connectivity index (χ2v) is 10.6. The Kier molecular flexibility index (Phi) is 5.94. The molecule has 4 aromatic rings. The highest BCUT2D eigenvalue weighted by Crippen LogP contribution is 2.32. The third kappa shape index (κ3) is 4.40. The fourth-order valence-electron chi connectivity index (χ4n) is 4.72. The average molecular weight is 485 g/mol. The maximum atomic E-state index is 13.4. The molecule has 8 nitrogen and oxygen atoms in total. The Morgan fingerprint density at radius 3 is 2.79 bits per heavy atom. The summed E-state index contributed by atoms with van der Waals surface area (Å²) in [6, 6.07) is 7.38. The molecule has 33 heavy (non-hydrogen) atoms. The summed E-state index contributed by atoms with van der Waals surface area (Å²) in [6.45, 7) is 1.96. The zero-order valence-electron chi connectivity index (χ0n) is 18.2. The number of imidazole rings is 1. The molecule has 0 aliphatic heterocycles. The average Bonchev–Trinajstić information content (AvgIpc) is 3.50. The molecule has 1 aliphatic rings. The standard InChI is InChI=1S/C23H25ClN6O2S/c1-2-16-10-17(21-11-18(24)13-29-9-8-25-23(21)29)6-7-22(16)33(31,32)28-19-4-3-5-20(12-19)30-14-26-27-15-30/h6-11,13-15,19-20,28H,2-5,12H2,1H3/t19-,20+/m0/s1. The van der Waals surface area contributed by atoms with Gasteiger partial charge in [0.05, 0.1) is 9.92 Å². The predicted molar refractivity (Wildman–Crippen MR) is 127 cm³/mol. The van der Waals surface area contributed by atoms with E-state index in [2.05, 4.69) is 19.9 Å². The van der Waals surface area contributed by atoms with Crippen LogP contribution in [-0.4, -0.2) is 38.6 Å². The van der Waals surface area contributed by atoms with E-state index in [1.165, 1.54) is 0 Å². The van der Waals surface area contributed by atoms with Crippen LogP contribution in [0, 0.1) is 0 Å². The molecule has 0 unspecified atom stereocenters. The van der Waals surface area contributed by atoms with Gasteiger partial charge in [-0.05, 0) is 61.4 Å². The van der Waals surface area contributed by atoms with Gasteiger partial charge in [0.1, 0.15) is 18.3 Å². The summed E-state index contributed by atoms with van der Waals surface area (Å²) in [7, 11) is -3.67. The summed E-state index contributed by atoms with van der Waals surface area (Å²) in [6.07, 6.45) is 12.8. The summed E-state index contributed by atoms with van der Waals surface area (Å²) < 4.78 is 33.5. The number of pyridine rings is 1. The van der Waals surface area contributed by atoms with Gasteiger partial charge in [0.25, 0.3) is 0 Å². The van der Waals surface area contributed by atoms with Crippen molar-refractivity contribution in [3.05, 3.63) is 66.1 Å². The normalized spacial score (nSPS) is 19.2. The molecule has 0 spiro atoms. The zero-order chi connectivity index (χ0) is 23.0. The molecule has 3 heterocycles. The van der Waals surface area contributed by atoms with E-state index in [4.69, 9.17) is 11.6 Å². The molecule has 1 fully saturated rings. The van der Waals surface area contributed by atoms with Crippen LogP contribution in [0.25, 0.3) is 16.8 Å². The van der Waals surface area contributed by atoms with Crippen LogP contribution >= 0.6 is 11.6 Å². The number of aryl methyl sites for hydroxylation is 1. The van der Waals surface area contributed by atoms with Gasteiger partial charge in [0.15, 0.2) is 0 Å². The summed E-state index contributed by atoms with van der Waals surface area (Å²) in [5, 5.41) is 8.35. The monoisotopic (exact) mass is 484 g/mol. The van der Waals surface area contributed by atoms with Crippen molar-refractivity contribution in [3.63, 3.8) is 0 Å². The number of sulfonamides is 1. The number of halogens is 1. The Labute approximate surface area is 197 Å². The Bertz CT molecular complexity index is 1380. The molecule has 10 heteroatoms. The van der Waals surface area contributed by atoms with Crippen LogP contribution in [0.5, 0.6) is 0 Å². The molecule has 172 valence electrons. The first-order valence-electron chi connectivity index (χ1n) is 11.1. The number of nitrogens with one attached hydrogen (secondary N) is 1. The summed E-state index contributed by atoms with van der Waals surface area (Å²) in [4.78, 5) is 4.75. The SMILES string of the molecule is CCc1cc(-c2cc(Cl)cn3ccnc23)ccc1S(=O)(=O)N[C@H]1CCC[C@@H](n2cnnc2)C1. The van der Waals surface area contributed by atoms with Crippen LogP contribution in [-0.2, 0) is 16.4 Å². The molecule has 2 atom stereocenters. The molecule has 0 bridgehead atoms. The minimum absolute atomic E-state index is 0.127. The quantitative estimate of drug-likeness (QED) is 0.441. The van der Waals surface area contributed by atoms with E-state index >= 15 is 0 Å². The van der Waals surface area contributed by atoms with E-state index in [9.17, 15) is 8.42 Å². The fourth-order valence-corrected chi connectivity index (χ4v) is 6.51. The topological polar surface area (TPSA) is 94.2 Å². The maximum absolute atomic E-state index is 13.4. The lowest BCUT2D eigenvalue weighted by atomic mass is 9.91. The van der Waals surface area contributed by atoms with E-state index in [0.717, 1.165) is 48.0 Å². The van der Waals surface area contributed by atoms with Gasteiger partial charge in [-0.1, -0.05) is 24.6 Å². The number of nitrogens with zero attached hydrogens (tertiary/aromatic N) is 5. The molecule has 1 N–H and O–H groups in total. The van der Waals surface area contributed by atoms with E-state index in [-0.39, 0.29) is 12.1 Å². The van der Waals surface area contributed by atoms with Crippen molar-refractivity contribution in [2.24, 2.45) is 0 Å². The molecule has 0 saturated heterocycles. The van der Waals surface area contributed by atoms with E-state index in [1.807, 2.05) is 40.3 Å². The first-order chi connectivity index (χ1) is 15.9. The molecular weight excluding hydrogens is 460 g/mol. The van der Waals surface area contributed by atoms with Crippen LogP contribution in [0.15, 0.2) is 60.4 Å². The van der Waals surface area contributed by atoms with Crippen molar-refractivity contribution < 1.29 is 8.42 Å². The molecule has 0 radical (unpaired) electrons.